The lowest BCUT2D eigenvalue weighted by atomic mass is 10.2. The number of nitrogens with one attached hydrogen (secondary N) is 2. The van der Waals surface area contributed by atoms with Gasteiger partial charge in [-0.15, -0.1) is 0 Å². The maximum absolute atomic E-state index is 11.8. The molecular weight excluding hydrogens is 258 g/mol. The number of carbonyl (C=O) groups excluding carboxylic acids is 2. The van der Waals surface area contributed by atoms with Gasteiger partial charge in [-0.3, -0.25) is 14.3 Å². The molecule has 2 rings (SSSR count). The van der Waals surface area contributed by atoms with Crippen molar-refractivity contribution in [3.05, 3.63) is 42.2 Å². The molecule has 0 aliphatic rings. The molecule has 4 N–H and O–H groups in total. The van der Waals surface area contributed by atoms with Crippen LogP contribution in [0.5, 0.6) is 0 Å². The first-order valence-corrected chi connectivity index (χ1v) is 5.97. The van der Waals surface area contributed by atoms with Gasteiger partial charge in [-0.2, -0.15) is 5.10 Å². The molecule has 7 heteroatoms. The fourth-order valence-corrected chi connectivity index (χ4v) is 1.59. The third-order valence-electron chi connectivity index (χ3n) is 2.57. The molecule has 20 heavy (non-hydrogen) atoms. The van der Waals surface area contributed by atoms with Gasteiger partial charge in [-0.1, -0.05) is 0 Å². The molecule has 2 aromatic rings. The highest BCUT2D eigenvalue weighted by Gasteiger charge is 2.08. The lowest BCUT2D eigenvalue weighted by Gasteiger charge is -2.05. The normalized spacial score (nSPS) is 10.1. The van der Waals surface area contributed by atoms with Crippen molar-refractivity contribution in [3.8, 4) is 0 Å². The van der Waals surface area contributed by atoms with Crippen LogP contribution in [0.2, 0.25) is 0 Å². The smallest absolute Gasteiger partial charge is 0.251 e. The first-order chi connectivity index (χ1) is 9.54. The highest BCUT2D eigenvalue weighted by atomic mass is 16.2. The molecule has 1 aromatic carbocycles. The minimum Gasteiger partial charge on any atom is -0.399 e. The minimum absolute atomic E-state index is 0.113. The zero-order valence-corrected chi connectivity index (χ0v) is 11.0. The van der Waals surface area contributed by atoms with E-state index in [4.69, 9.17) is 5.73 Å². The van der Waals surface area contributed by atoms with Crippen LogP contribution in [0.1, 0.15) is 10.4 Å². The van der Waals surface area contributed by atoms with Crippen LogP contribution in [0.3, 0.4) is 0 Å². The summed E-state index contributed by atoms with van der Waals surface area (Å²) >= 11 is 0. The fraction of sp³-hybridized carbons (Fsp3) is 0.154. The third-order valence-corrected chi connectivity index (χ3v) is 2.57. The summed E-state index contributed by atoms with van der Waals surface area (Å²) in [5.41, 5.74) is 7.15. The number of hydrogen-bond acceptors (Lipinski definition) is 4. The highest BCUT2D eigenvalue weighted by molar-refractivity contribution is 5.99. The molecule has 2 amide bonds. The van der Waals surface area contributed by atoms with E-state index in [1.165, 1.54) is 6.20 Å². The van der Waals surface area contributed by atoms with Gasteiger partial charge in [0.2, 0.25) is 5.91 Å². The van der Waals surface area contributed by atoms with Gasteiger partial charge in [0, 0.05) is 24.5 Å². The number of aryl methyl sites for hydroxylation is 1. The molecule has 0 spiro atoms. The lowest BCUT2D eigenvalue weighted by Crippen LogP contribution is -2.32. The van der Waals surface area contributed by atoms with Gasteiger partial charge in [0.05, 0.1) is 18.4 Å². The number of benzene rings is 1. The van der Waals surface area contributed by atoms with Crippen molar-refractivity contribution in [2.45, 2.75) is 0 Å². The van der Waals surface area contributed by atoms with Crippen molar-refractivity contribution in [1.29, 1.82) is 0 Å². The van der Waals surface area contributed by atoms with Crippen molar-refractivity contribution >= 4 is 23.2 Å². The first-order valence-electron chi connectivity index (χ1n) is 5.97. The molecule has 0 saturated heterocycles. The van der Waals surface area contributed by atoms with Crippen molar-refractivity contribution in [3.63, 3.8) is 0 Å². The second kappa shape index (κ2) is 5.87. The van der Waals surface area contributed by atoms with Crippen LogP contribution in [0.15, 0.2) is 36.7 Å². The van der Waals surface area contributed by atoms with Crippen molar-refractivity contribution in [2.24, 2.45) is 7.05 Å². The van der Waals surface area contributed by atoms with E-state index in [1.54, 1.807) is 42.2 Å². The number of hydrogen-bond donors (Lipinski definition) is 3. The van der Waals surface area contributed by atoms with Crippen molar-refractivity contribution in [1.82, 2.24) is 15.1 Å². The average molecular weight is 273 g/mol. The van der Waals surface area contributed by atoms with Gasteiger partial charge >= 0.3 is 0 Å². The van der Waals surface area contributed by atoms with Crippen molar-refractivity contribution in [2.75, 3.05) is 17.6 Å². The lowest BCUT2D eigenvalue weighted by molar-refractivity contribution is -0.115. The Morgan fingerprint density at radius 1 is 1.30 bits per heavy atom. The van der Waals surface area contributed by atoms with E-state index in [2.05, 4.69) is 15.7 Å². The van der Waals surface area contributed by atoms with Crippen LogP contribution in [-0.4, -0.2) is 28.1 Å². The molecule has 0 bridgehead atoms. The Labute approximate surface area is 115 Å². The summed E-state index contributed by atoms with van der Waals surface area (Å²) in [6.45, 7) is -0.113. The number of aromatic nitrogens is 2. The number of amides is 2. The average Bonchev–Trinajstić information content (AvgIpc) is 2.82. The second-order valence-electron chi connectivity index (χ2n) is 4.26. The number of nitrogen functional groups attached to an aromatic ring is 1. The third kappa shape index (κ3) is 3.58. The molecule has 1 aromatic heterocycles. The molecule has 0 aliphatic heterocycles. The van der Waals surface area contributed by atoms with E-state index in [0.29, 0.717) is 16.9 Å². The van der Waals surface area contributed by atoms with E-state index in [9.17, 15) is 9.59 Å². The monoisotopic (exact) mass is 273 g/mol. The number of nitrogens with two attached hydrogens (primary N) is 1. The standard InChI is InChI=1S/C13H15N5O2/c1-18-8-11(6-16-18)17-12(19)7-15-13(20)9-2-4-10(14)5-3-9/h2-6,8H,7,14H2,1H3,(H,15,20)(H,17,19). The maximum Gasteiger partial charge on any atom is 0.251 e. The van der Waals surface area contributed by atoms with Crippen LogP contribution in [0, 0.1) is 0 Å². The molecule has 0 unspecified atom stereocenters. The number of nitrogens with zero attached hydrogens (tertiary/aromatic N) is 2. The van der Waals surface area contributed by atoms with Gasteiger partial charge in [-0.25, -0.2) is 0 Å². The molecule has 0 aliphatic carbocycles. The molecule has 7 nitrogen and oxygen atoms in total. The van der Waals surface area contributed by atoms with Crippen LogP contribution in [0.25, 0.3) is 0 Å². The van der Waals surface area contributed by atoms with Crippen LogP contribution in [-0.2, 0) is 11.8 Å². The Morgan fingerprint density at radius 2 is 2.00 bits per heavy atom. The summed E-state index contributed by atoms with van der Waals surface area (Å²) in [7, 11) is 1.75. The van der Waals surface area contributed by atoms with Gasteiger partial charge in [0.15, 0.2) is 0 Å². The zero-order valence-electron chi connectivity index (χ0n) is 11.0. The van der Waals surface area contributed by atoms with Gasteiger partial charge in [0.25, 0.3) is 5.91 Å². The Bertz CT molecular complexity index is 618. The summed E-state index contributed by atoms with van der Waals surface area (Å²) < 4.78 is 1.57. The van der Waals surface area contributed by atoms with Crippen LogP contribution < -0.4 is 16.4 Å². The molecular formula is C13H15N5O2. The Hall–Kier alpha value is -2.83. The second-order valence-corrected chi connectivity index (χ2v) is 4.26. The van der Waals surface area contributed by atoms with E-state index in [0.717, 1.165) is 0 Å². The van der Waals surface area contributed by atoms with Gasteiger partial charge < -0.3 is 16.4 Å². The summed E-state index contributed by atoms with van der Waals surface area (Å²) in [5.74, 6) is -0.645. The minimum atomic E-state index is -0.327. The number of carbonyl (C=O) groups is 2. The largest absolute Gasteiger partial charge is 0.399 e. The number of anilines is 2. The topological polar surface area (TPSA) is 102 Å². The molecule has 0 atom stereocenters. The van der Waals surface area contributed by atoms with E-state index in [1.807, 2.05) is 0 Å². The SMILES string of the molecule is Cn1cc(NC(=O)CNC(=O)c2ccc(N)cc2)cn1. The van der Waals surface area contributed by atoms with Gasteiger partial charge in [0.1, 0.15) is 0 Å². The van der Waals surface area contributed by atoms with E-state index >= 15 is 0 Å². The molecule has 0 radical (unpaired) electrons. The van der Waals surface area contributed by atoms with Crippen molar-refractivity contribution < 1.29 is 9.59 Å². The molecule has 0 fully saturated rings. The highest BCUT2D eigenvalue weighted by Crippen LogP contribution is 2.05. The Morgan fingerprint density at radius 3 is 2.60 bits per heavy atom. The van der Waals surface area contributed by atoms with E-state index < -0.39 is 0 Å². The zero-order chi connectivity index (χ0) is 14.5. The summed E-state index contributed by atoms with van der Waals surface area (Å²) in [5, 5.41) is 9.07. The fourth-order valence-electron chi connectivity index (χ4n) is 1.59. The molecule has 1 heterocycles. The Kier molecular flexibility index (Phi) is 3.99. The van der Waals surface area contributed by atoms with E-state index in [-0.39, 0.29) is 18.4 Å². The van der Waals surface area contributed by atoms with Gasteiger partial charge in [-0.05, 0) is 24.3 Å². The number of rotatable bonds is 4. The predicted molar refractivity (Wildman–Crippen MR) is 75.0 cm³/mol. The quantitative estimate of drug-likeness (QED) is 0.700. The predicted octanol–water partition coefficient (Wildman–Crippen LogP) is 0.371. The molecule has 104 valence electrons. The van der Waals surface area contributed by atoms with Crippen LogP contribution >= 0.6 is 0 Å². The maximum atomic E-state index is 11.8. The summed E-state index contributed by atoms with van der Waals surface area (Å²) in [6, 6.07) is 6.46. The summed E-state index contributed by atoms with van der Waals surface area (Å²) in [6.07, 6.45) is 3.19. The molecule has 0 saturated carbocycles. The summed E-state index contributed by atoms with van der Waals surface area (Å²) in [4.78, 5) is 23.4. The first kappa shape index (κ1) is 13.6. The van der Waals surface area contributed by atoms with Crippen LogP contribution in [0.4, 0.5) is 11.4 Å². The Balaban J connectivity index is 1.84.